The molecule has 0 bridgehead atoms. The summed E-state index contributed by atoms with van der Waals surface area (Å²) in [5.41, 5.74) is 2.25. The first-order valence-electron chi connectivity index (χ1n) is 10.6. The summed E-state index contributed by atoms with van der Waals surface area (Å²) in [6.45, 7) is 3.06. The fourth-order valence-electron chi connectivity index (χ4n) is 3.82. The maximum Gasteiger partial charge on any atom is 0.220 e. The zero-order valence-corrected chi connectivity index (χ0v) is 17.9. The summed E-state index contributed by atoms with van der Waals surface area (Å²) < 4.78 is 6.07. The van der Waals surface area contributed by atoms with Gasteiger partial charge in [-0.1, -0.05) is 48.5 Å². The van der Waals surface area contributed by atoms with E-state index in [1.165, 1.54) is 0 Å². The molecule has 1 aliphatic rings. The molecule has 3 rings (SSSR count). The number of hydrogen-bond donors (Lipinski definition) is 2. The van der Waals surface area contributed by atoms with Crippen LogP contribution in [0.15, 0.2) is 59.6 Å². The molecule has 2 aromatic rings. The smallest absolute Gasteiger partial charge is 0.220 e. The molecule has 2 aromatic carbocycles. The van der Waals surface area contributed by atoms with Gasteiger partial charge in [0.05, 0.1) is 6.54 Å². The minimum absolute atomic E-state index is 0.129. The van der Waals surface area contributed by atoms with E-state index in [-0.39, 0.29) is 5.91 Å². The first kappa shape index (κ1) is 21.7. The molecule has 0 atom stereocenters. The number of amides is 1. The number of likely N-dealkylation sites (tertiary alicyclic amines) is 1. The van der Waals surface area contributed by atoms with Gasteiger partial charge in [-0.05, 0) is 30.4 Å². The normalized spacial score (nSPS) is 15.0. The number of nitrogens with one attached hydrogen (secondary N) is 2. The molecule has 30 heavy (non-hydrogen) atoms. The molecular formula is C24H32N4O2. The average molecular weight is 409 g/mol. The molecule has 6 nitrogen and oxygen atoms in total. The second kappa shape index (κ2) is 11.2. The molecule has 1 heterocycles. The molecule has 2 N–H and O–H groups in total. The van der Waals surface area contributed by atoms with Crippen molar-refractivity contribution in [2.45, 2.75) is 19.3 Å². The van der Waals surface area contributed by atoms with Gasteiger partial charge in [0, 0.05) is 39.2 Å². The third kappa shape index (κ3) is 5.99. The second-order valence-electron chi connectivity index (χ2n) is 7.49. The molecule has 0 spiro atoms. The molecule has 1 saturated heterocycles. The van der Waals surface area contributed by atoms with Crippen molar-refractivity contribution >= 4 is 11.9 Å². The fraction of sp³-hybridized carbons (Fsp3) is 0.417. The van der Waals surface area contributed by atoms with E-state index in [0.29, 0.717) is 25.5 Å². The Morgan fingerprint density at radius 3 is 2.50 bits per heavy atom. The van der Waals surface area contributed by atoms with E-state index >= 15 is 0 Å². The number of ether oxygens (including phenoxy) is 1. The van der Waals surface area contributed by atoms with Gasteiger partial charge >= 0.3 is 0 Å². The lowest BCUT2D eigenvalue weighted by atomic mass is 9.93. The SMILES string of the molecule is CN=C(NCCOc1ccccc1-c1ccccc1)N1CCC(CC(=O)NC)CC1. The van der Waals surface area contributed by atoms with Crippen LogP contribution in [0.25, 0.3) is 11.1 Å². The number of benzene rings is 2. The number of carbonyl (C=O) groups is 1. The lowest BCUT2D eigenvalue weighted by Gasteiger charge is -2.34. The van der Waals surface area contributed by atoms with E-state index < -0.39 is 0 Å². The van der Waals surface area contributed by atoms with E-state index in [9.17, 15) is 4.79 Å². The first-order valence-corrected chi connectivity index (χ1v) is 10.6. The molecule has 160 valence electrons. The number of piperidine rings is 1. The molecular weight excluding hydrogens is 376 g/mol. The lowest BCUT2D eigenvalue weighted by Crippen LogP contribution is -2.46. The van der Waals surface area contributed by atoms with Gasteiger partial charge in [-0.25, -0.2) is 0 Å². The van der Waals surface area contributed by atoms with Crippen molar-refractivity contribution in [1.29, 1.82) is 0 Å². The summed E-state index contributed by atoms with van der Waals surface area (Å²) in [6, 6.07) is 18.4. The Hall–Kier alpha value is -3.02. The molecule has 1 amide bonds. The van der Waals surface area contributed by atoms with E-state index in [1.54, 1.807) is 7.05 Å². The van der Waals surface area contributed by atoms with E-state index in [0.717, 1.165) is 48.8 Å². The van der Waals surface area contributed by atoms with Gasteiger partial charge in [-0.3, -0.25) is 9.79 Å². The maximum absolute atomic E-state index is 11.6. The van der Waals surface area contributed by atoms with Crippen molar-refractivity contribution in [2.24, 2.45) is 10.9 Å². The van der Waals surface area contributed by atoms with Gasteiger partial charge in [-0.2, -0.15) is 0 Å². The van der Waals surface area contributed by atoms with Gasteiger partial charge in [-0.15, -0.1) is 0 Å². The minimum Gasteiger partial charge on any atom is -0.491 e. The zero-order valence-electron chi connectivity index (χ0n) is 17.9. The van der Waals surface area contributed by atoms with Gasteiger partial charge in [0.25, 0.3) is 0 Å². The zero-order chi connectivity index (χ0) is 21.2. The average Bonchev–Trinajstić information content (AvgIpc) is 2.80. The van der Waals surface area contributed by atoms with E-state index in [4.69, 9.17) is 4.74 Å². The Labute approximate surface area is 179 Å². The van der Waals surface area contributed by atoms with Crippen molar-refractivity contribution in [3.8, 4) is 16.9 Å². The van der Waals surface area contributed by atoms with Crippen LogP contribution in [0.4, 0.5) is 0 Å². The largest absolute Gasteiger partial charge is 0.491 e. The Balaban J connectivity index is 1.46. The van der Waals surface area contributed by atoms with Crippen LogP contribution >= 0.6 is 0 Å². The van der Waals surface area contributed by atoms with Crippen LogP contribution in [-0.2, 0) is 4.79 Å². The first-order chi connectivity index (χ1) is 14.7. The number of para-hydroxylation sites is 1. The fourth-order valence-corrected chi connectivity index (χ4v) is 3.82. The van der Waals surface area contributed by atoms with E-state index in [2.05, 4.69) is 38.7 Å². The Morgan fingerprint density at radius 2 is 1.80 bits per heavy atom. The highest BCUT2D eigenvalue weighted by Crippen LogP contribution is 2.29. The van der Waals surface area contributed by atoms with E-state index in [1.807, 2.05) is 43.4 Å². The Kier molecular flexibility index (Phi) is 8.12. The molecule has 0 saturated carbocycles. The van der Waals surface area contributed by atoms with Crippen LogP contribution in [0.2, 0.25) is 0 Å². The molecule has 0 unspecified atom stereocenters. The summed E-state index contributed by atoms with van der Waals surface area (Å²) in [6.07, 6.45) is 2.63. The topological polar surface area (TPSA) is 66.0 Å². The van der Waals surface area contributed by atoms with Crippen LogP contribution in [0.5, 0.6) is 5.75 Å². The third-order valence-corrected chi connectivity index (χ3v) is 5.49. The minimum atomic E-state index is 0.129. The predicted octanol–water partition coefficient (Wildman–Crippen LogP) is 3.16. The van der Waals surface area contributed by atoms with Crippen molar-refractivity contribution in [2.75, 3.05) is 40.3 Å². The third-order valence-electron chi connectivity index (χ3n) is 5.49. The number of nitrogens with zero attached hydrogens (tertiary/aromatic N) is 2. The number of hydrogen-bond acceptors (Lipinski definition) is 3. The highest BCUT2D eigenvalue weighted by molar-refractivity contribution is 5.80. The molecule has 0 aliphatic carbocycles. The van der Waals surface area contributed by atoms with Gasteiger partial charge in [0.15, 0.2) is 5.96 Å². The van der Waals surface area contributed by atoms with Gasteiger partial charge in [0.2, 0.25) is 5.91 Å². The van der Waals surface area contributed by atoms with Crippen LogP contribution in [0.3, 0.4) is 0 Å². The summed E-state index contributed by atoms with van der Waals surface area (Å²) in [7, 11) is 3.51. The van der Waals surface area contributed by atoms with Crippen LogP contribution in [-0.4, -0.2) is 57.1 Å². The molecule has 0 radical (unpaired) electrons. The van der Waals surface area contributed by atoms with Crippen LogP contribution in [0, 0.1) is 5.92 Å². The molecule has 0 aromatic heterocycles. The number of carbonyl (C=O) groups excluding carboxylic acids is 1. The van der Waals surface area contributed by atoms with Crippen molar-refractivity contribution in [3.05, 3.63) is 54.6 Å². The summed E-state index contributed by atoms with van der Waals surface area (Å²) in [5, 5.41) is 6.12. The van der Waals surface area contributed by atoms with Crippen molar-refractivity contribution < 1.29 is 9.53 Å². The van der Waals surface area contributed by atoms with Crippen LogP contribution in [0.1, 0.15) is 19.3 Å². The summed E-state index contributed by atoms with van der Waals surface area (Å²) in [5.74, 6) is 2.37. The number of aliphatic imine (C=N–C) groups is 1. The monoisotopic (exact) mass is 408 g/mol. The maximum atomic E-state index is 11.6. The molecule has 1 aliphatic heterocycles. The Morgan fingerprint density at radius 1 is 1.10 bits per heavy atom. The highest BCUT2D eigenvalue weighted by Gasteiger charge is 2.22. The van der Waals surface area contributed by atoms with Crippen molar-refractivity contribution in [1.82, 2.24) is 15.5 Å². The Bertz CT molecular complexity index is 830. The number of guanidine groups is 1. The summed E-state index contributed by atoms with van der Waals surface area (Å²) in [4.78, 5) is 18.3. The standard InChI is InChI=1S/C24H32N4O2/c1-25-23(29)18-19-12-15-28(16-13-19)24(26-2)27-14-17-30-22-11-7-6-10-21(22)20-8-4-3-5-9-20/h3-11,19H,12-18H2,1-2H3,(H,25,29)(H,26,27). The summed E-state index contributed by atoms with van der Waals surface area (Å²) >= 11 is 0. The number of rotatable bonds is 7. The van der Waals surface area contributed by atoms with Crippen LogP contribution < -0.4 is 15.4 Å². The lowest BCUT2D eigenvalue weighted by molar-refractivity contribution is -0.121. The highest BCUT2D eigenvalue weighted by atomic mass is 16.5. The van der Waals surface area contributed by atoms with Crippen molar-refractivity contribution in [3.63, 3.8) is 0 Å². The second-order valence-corrected chi connectivity index (χ2v) is 7.49. The van der Waals surface area contributed by atoms with Gasteiger partial charge < -0.3 is 20.3 Å². The van der Waals surface area contributed by atoms with Gasteiger partial charge in [0.1, 0.15) is 12.4 Å². The molecule has 1 fully saturated rings. The predicted molar refractivity (Wildman–Crippen MR) is 122 cm³/mol. The quantitative estimate of drug-likeness (QED) is 0.420. The molecule has 6 heteroatoms.